The molecule has 0 spiro atoms. The van der Waals surface area contributed by atoms with E-state index in [1.165, 1.54) is 12.1 Å². The number of phenolic OH excluding ortho intramolecular Hbond substituents is 1. The Balaban J connectivity index is 3.35. The Hall–Kier alpha value is -0.910. The van der Waals surface area contributed by atoms with Crippen molar-refractivity contribution in [3.8, 4) is 11.8 Å². The van der Waals surface area contributed by atoms with Crippen LogP contribution in [0.25, 0.3) is 0 Å². The SMILES string of the molecule is N#Cc1cc(Cl)c(O)cc1Cl. The van der Waals surface area contributed by atoms with Crippen LogP contribution in [0.3, 0.4) is 0 Å². The molecule has 0 saturated carbocycles. The quantitative estimate of drug-likeness (QED) is 0.679. The molecule has 1 aromatic rings. The van der Waals surface area contributed by atoms with Crippen LogP contribution in [0.15, 0.2) is 12.1 Å². The first kappa shape index (κ1) is 8.19. The molecule has 0 aliphatic rings. The van der Waals surface area contributed by atoms with Crippen LogP contribution >= 0.6 is 23.2 Å². The fourth-order valence-corrected chi connectivity index (χ4v) is 0.986. The lowest BCUT2D eigenvalue weighted by atomic mass is 10.2. The maximum absolute atomic E-state index is 8.99. The van der Waals surface area contributed by atoms with Gasteiger partial charge in [-0.15, -0.1) is 0 Å². The summed E-state index contributed by atoms with van der Waals surface area (Å²) in [5, 5.41) is 17.8. The van der Waals surface area contributed by atoms with Crippen molar-refractivity contribution >= 4 is 23.2 Å². The molecule has 1 rings (SSSR count). The molecular weight excluding hydrogens is 185 g/mol. The van der Waals surface area contributed by atoms with Crippen LogP contribution in [-0.4, -0.2) is 5.11 Å². The number of benzene rings is 1. The van der Waals surface area contributed by atoms with E-state index in [0.717, 1.165) is 0 Å². The molecule has 4 heteroatoms. The lowest BCUT2D eigenvalue weighted by Gasteiger charge is -1.97. The Morgan fingerprint density at radius 1 is 1.27 bits per heavy atom. The molecule has 1 N–H and O–H groups in total. The largest absolute Gasteiger partial charge is 0.506 e. The summed E-state index contributed by atoms with van der Waals surface area (Å²) in [6, 6.07) is 4.39. The Kier molecular flexibility index (Phi) is 2.23. The van der Waals surface area contributed by atoms with Crippen LogP contribution in [0.4, 0.5) is 0 Å². The standard InChI is InChI=1S/C7H3Cl2NO/c8-5-2-7(11)6(9)1-4(5)3-10/h1-2,11H. The average molecular weight is 188 g/mol. The second kappa shape index (κ2) is 3.00. The third kappa shape index (κ3) is 1.56. The Morgan fingerprint density at radius 3 is 2.45 bits per heavy atom. The highest BCUT2D eigenvalue weighted by atomic mass is 35.5. The van der Waals surface area contributed by atoms with Gasteiger partial charge in [-0.25, -0.2) is 0 Å². The summed E-state index contributed by atoms with van der Waals surface area (Å²) in [4.78, 5) is 0. The third-order valence-electron chi connectivity index (χ3n) is 1.16. The minimum absolute atomic E-state index is 0.115. The molecule has 0 saturated heterocycles. The first-order valence-corrected chi connectivity index (χ1v) is 3.49. The van der Waals surface area contributed by atoms with Gasteiger partial charge in [0, 0.05) is 6.07 Å². The summed E-state index contributed by atoms with van der Waals surface area (Å²) >= 11 is 11.1. The van der Waals surface area contributed by atoms with Gasteiger partial charge in [0.1, 0.15) is 11.8 Å². The maximum Gasteiger partial charge on any atom is 0.135 e. The number of halogens is 2. The molecule has 0 unspecified atom stereocenters. The Morgan fingerprint density at radius 2 is 1.91 bits per heavy atom. The smallest absolute Gasteiger partial charge is 0.135 e. The van der Waals surface area contributed by atoms with Gasteiger partial charge >= 0.3 is 0 Å². The summed E-state index contributed by atoms with van der Waals surface area (Å²) in [6.07, 6.45) is 0. The predicted molar refractivity (Wildman–Crippen MR) is 42.8 cm³/mol. The molecule has 0 fully saturated rings. The molecule has 0 atom stereocenters. The van der Waals surface area contributed by atoms with Gasteiger partial charge in [0.15, 0.2) is 0 Å². The van der Waals surface area contributed by atoms with Gasteiger partial charge in [-0.1, -0.05) is 23.2 Å². The van der Waals surface area contributed by atoms with Crippen LogP contribution in [-0.2, 0) is 0 Å². The van der Waals surface area contributed by atoms with Gasteiger partial charge in [0.25, 0.3) is 0 Å². The van der Waals surface area contributed by atoms with E-state index in [4.69, 9.17) is 33.6 Å². The monoisotopic (exact) mass is 187 g/mol. The number of nitrogens with zero attached hydrogens (tertiary/aromatic N) is 1. The van der Waals surface area contributed by atoms with Crippen LogP contribution in [0.1, 0.15) is 5.56 Å². The van der Waals surface area contributed by atoms with Crippen molar-refractivity contribution in [1.82, 2.24) is 0 Å². The summed E-state index contributed by atoms with van der Waals surface area (Å²) in [7, 11) is 0. The molecule has 56 valence electrons. The lowest BCUT2D eigenvalue weighted by Crippen LogP contribution is -1.77. The van der Waals surface area contributed by atoms with Crippen molar-refractivity contribution < 1.29 is 5.11 Å². The summed E-state index contributed by atoms with van der Waals surface area (Å²) in [6.45, 7) is 0. The topological polar surface area (TPSA) is 44.0 Å². The van der Waals surface area contributed by atoms with Crippen LogP contribution in [0, 0.1) is 11.3 Å². The molecule has 0 aliphatic carbocycles. The summed E-state index contributed by atoms with van der Waals surface area (Å²) < 4.78 is 0. The van der Waals surface area contributed by atoms with Crippen molar-refractivity contribution in [1.29, 1.82) is 5.26 Å². The van der Waals surface area contributed by atoms with Crippen molar-refractivity contribution in [2.45, 2.75) is 0 Å². The predicted octanol–water partition coefficient (Wildman–Crippen LogP) is 2.57. The second-order valence-electron chi connectivity index (χ2n) is 1.90. The zero-order valence-corrected chi connectivity index (χ0v) is 6.82. The number of hydrogen-bond acceptors (Lipinski definition) is 2. The van der Waals surface area contributed by atoms with Crippen molar-refractivity contribution in [3.63, 3.8) is 0 Å². The fourth-order valence-electron chi connectivity index (χ4n) is 0.622. The number of phenols is 1. The molecule has 0 aliphatic heterocycles. The van der Waals surface area contributed by atoms with E-state index in [-0.39, 0.29) is 21.4 Å². The molecule has 0 radical (unpaired) electrons. The van der Waals surface area contributed by atoms with E-state index in [9.17, 15) is 0 Å². The van der Waals surface area contributed by atoms with Crippen LogP contribution in [0.2, 0.25) is 10.0 Å². The number of nitriles is 1. The first-order chi connectivity index (χ1) is 5.15. The van der Waals surface area contributed by atoms with Crippen molar-refractivity contribution in [3.05, 3.63) is 27.7 Å². The van der Waals surface area contributed by atoms with Gasteiger partial charge in [0.2, 0.25) is 0 Å². The van der Waals surface area contributed by atoms with E-state index in [2.05, 4.69) is 0 Å². The van der Waals surface area contributed by atoms with E-state index >= 15 is 0 Å². The number of rotatable bonds is 0. The van der Waals surface area contributed by atoms with Crippen LogP contribution in [0.5, 0.6) is 5.75 Å². The average Bonchev–Trinajstić information content (AvgIpc) is 1.97. The zero-order chi connectivity index (χ0) is 8.43. The summed E-state index contributed by atoms with van der Waals surface area (Å²) in [5.74, 6) is -0.115. The molecule has 0 bridgehead atoms. The highest BCUT2D eigenvalue weighted by molar-refractivity contribution is 6.35. The van der Waals surface area contributed by atoms with Gasteiger partial charge in [0.05, 0.1) is 15.6 Å². The van der Waals surface area contributed by atoms with Gasteiger partial charge < -0.3 is 5.11 Å². The summed E-state index contributed by atoms with van der Waals surface area (Å²) in [5.41, 5.74) is 0.259. The highest BCUT2D eigenvalue weighted by Crippen LogP contribution is 2.29. The molecule has 0 aromatic heterocycles. The maximum atomic E-state index is 8.99. The number of hydrogen-bond donors (Lipinski definition) is 1. The minimum Gasteiger partial charge on any atom is -0.506 e. The van der Waals surface area contributed by atoms with Crippen molar-refractivity contribution in [2.75, 3.05) is 0 Å². The van der Waals surface area contributed by atoms with Gasteiger partial charge in [-0.05, 0) is 6.07 Å². The third-order valence-corrected chi connectivity index (χ3v) is 1.77. The molecular formula is C7H3Cl2NO. The highest BCUT2D eigenvalue weighted by Gasteiger charge is 2.04. The van der Waals surface area contributed by atoms with E-state index in [0.29, 0.717) is 0 Å². The van der Waals surface area contributed by atoms with Crippen molar-refractivity contribution in [2.24, 2.45) is 0 Å². The van der Waals surface area contributed by atoms with Crippen LogP contribution < -0.4 is 0 Å². The van der Waals surface area contributed by atoms with Gasteiger partial charge in [-0.2, -0.15) is 5.26 Å². The fraction of sp³-hybridized carbons (Fsp3) is 0. The molecule has 1 aromatic carbocycles. The van der Waals surface area contributed by atoms with E-state index in [1.54, 1.807) is 0 Å². The van der Waals surface area contributed by atoms with E-state index < -0.39 is 0 Å². The van der Waals surface area contributed by atoms with E-state index in [1.807, 2.05) is 6.07 Å². The first-order valence-electron chi connectivity index (χ1n) is 2.73. The molecule has 0 amide bonds. The molecule has 11 heavy (non-hydrogen) atoms. The normalized spacial score (nSPS) is 9.18. The number of aromatic hydroxyl groups is 1. The van der Waals surface area contributed by atoms with Gasteiger partial charge in [-0.3, -0.25) is 0 Å². The molecule has 2 nitrogen and oxygen atoms in total. The zero-order valence-electron chi connectivity index (χ0n) is 5.31. The molecule has 0 heterocycles. The minimum atomic E-state index is -0.115. The Bertz CT molecular complexity index is 330. The second-order valence-corrected chi connectivity index (χ2v) is 2.71. The lowest BCUT2D eigenvalue weighted by molar-refractivity contribution is 0.475. The Labute approximate surface area is 73.6 Å².